The first-order valence-corrected chi connectivity index (χ1v) is 9.05. The van der Waals surface area contributed by atoms with Gasteiger partial charge in [0.25, 0.3) is 0 Å². The Balaban J connectivity index is 1.95. The normalized spacial score (nSPS) is 26.2. The summed E-state index contributed by atoms with van der Waals surface area (Å²) in [6.45, 7) is 2.65. The molecule has 5 heteroatoms. The average Bonchev–Trinajstić information content (AvgIpc) is 2.93. The summed E-state index contributed by atoms with van der Waals surface area (Å²) >= 11 is 0. The van der Waals surface area contributed by atoms with Gasteiger partial charge in [0.15, 0.2) is 0 Å². The predicted molar refractivity (Wildman–Crippen MR) is 90.3 cm³/mol. The van der Waals surface area contributed by atoms with Crippen LogP contribution in [0.25, 0.3) is 0 Å². The molecule has 0 aromatic heterocycles. The molecule has 0 amide bonds. The molecule has 0 aromatic carbocycles. The van der Waals surface area contributed by atoms with E-state index in [0.29, 0.717) is 6.61 Å². The molecule has 0 radical (unpaired) electrons. The quantitative estimate of drug-likeness (QED) is 0.356. The van der Waals surface area contributed by atoms with Gasteiger partial charge in [-0.15, -0.1) is 0 Å². The molecule has 1 fully saturated rings. The number of unbranched alkanes of at least 4 members (excludes halogenated alkanes) is 6. The summed E-state index contributed by atoms with van der Waals surface area (Å²) in [5.41, 5.74) is 0. The molecule has 1 saturated heterocycles. The van der Waals surface area contributed by atoms with Crippen molar-refractivity contribution in [2.24, 2.45) is 0 Å². The SMILES string of the molecule is CCC/C=C/CCCCCCCO[C@@H]1CO[C@H]([C@@H](O)CO)[C@@H]1O. The molecule has 0 bridgehead atoms. The Morgan fingerprint density at radius 1 is 1.13 bits per heavy atom. The fourth-order valence-corrected chi connectivity index (χ4v) is 2.74. The van der Waals surface area contributed by atoms with E-state index in [4.69, 9.17) is 14.6 Å². The number of hydrogen-bond acceptors (Lipinski definition) is 5. The molecule has 0 aliphatic carbocycles. The lowest BCUT2D eigenvalue weighted by molar-refractivity contribution is -0.0730. The third kappa shape index (κ3) is 8.27. The predicted octanol–water partition coefficient (Wildman–Crippen LogP) is 2.18. The lowest BCUT2D eigenvalue weighted by Gasteiger charge is -2.20. The van der Waals surface area contributed by atoms with Crippen LogP contribution in [-0.4, -0.2) is 59.6 Å². The third-order valence-corrected chi connectivity index (χ3v) is 4.21. The molecular formula is C18H34O5. The molecule has 1 aliphatic heterocycles. The Bertz CT molecular complexity index is 308. The van der Waals surface area contributed by atoms with E-state index in [1.807, 2.05) is 0 Å². The zero-order valence-electron chi connectivity index (χ0n) is 14.4. The minimum Gasteiger partial charge on any atom is -0.394 e. The smallest absolute Gasteiger partial charge is 0.114 e. The van der Waals surface area contributed by atoms with Crippen LogP contribution in [0.4, 0.5) is 0 Å². The molecule has 136 valence electrons. The molecule has 4 atom stereocenters. The van der Waals surface area contributed by atoms with E-state index in [1.165, 1.54) is 38.5 Å². The van der Waals surface area contributed by atoms with Crippen LogP contribution in [0.1, 0.15) is 58.3 Å². The molecule has 5 nitrogen and oxygen atoms in total. The van der Waals surface area contributed by atoms with Crippen molar-refractivity contribution in [3.8, 4) is 0 Å². The van der Waals surface area contributed by atoms with Gasteiger partial charge in [-0.25, -0.2) is 0 Å². The number of allylic oxidation sites excluding steroid dienone is 2. The van der Waals surface area contributed by atoms with Crippen LogP contribution in [0.5, 0.6) is 0 Å². The van der Waals surface area contributed by atoms with Gasteiger partial charge in [-0.1, -0.05) is 44.8 Å². The standard InChI is InChI=1S/C18H34O5/c1-2-3-4-5-6-7-8-9-10-11-12-22-16-14-23-18(17(16)21)15(20)13-19/h4-5,15-21H,2-3,6-14H2,1H3/b5-4+/t15-,16+,17+,18+/m0/s1. The van der Waals surface area contributed by atoms with E-state index < -0.39 is 31.0 Å². The molecule has 1 rings (SSSR count). The first kappa shape index (κ1) is 20.6. The fourth-order valence-electron chi connectivity index (χ4n) is 2.74. The summed E-state index contributed by atoms with van der Waals surface area (Å²) in [4.78, 5) is 0. The number of ether oxygens (including phenoxy) is 2. The maximum absolute atomic E-state index is 9.98. The highest BCUT2D eigenvalue weighted by atomic mass is 16.6. The van der Waals surface area contributed by atoms with E-state index >= 15 is 0 Å². The van der Waals surface area contributed by atoms with Crippen molar-refractivity contribution in [2.45, 2.75) is 82.7 Å². The molecule has 0 aromatic rings. The van der Waals surface area contributed by atoms with Gasteiger partial charge in [0, 0.05) is 6.61 Å². The number of aliphatic hydroxyl groups is 3. The maximum Gasteiger partial charge on any atom is 0.114 e. The van der Waals surface area contributed by atoms with Gasteiger partial charge in [-0.05, 0) is 25.7 Å². The Hall–Kier alpha value is -0.460. The highest BCUT2D eigenvalue weighted by molar-refractivity contribution is 4.88. The number of hydrogen-bond donors (Lipinski definition) is 3. The van der Waals surface area contributed by atoms with E-state index in [1.54, 1.807) is 0 Å². The monoisotopic (exact) mass is 330 g/mol. The summed E-state index contributed by atoms with van der Waals surface area (Å²) in [7, 11) is 0. The molecular weight excluding hydrogens is 296 g/mol. The Labute approximate surface area is 140 Å². The number of aliphatic hydroxyl groups excluding tert-OH is 3. The fraction of sp³-hybridized carbons (Fsp3) is 0.889. The summed E-state index contributed by atoms with van der Waals surface area (Å²) in [5.74, 6) is 0. The molecule has 0 saturated carbocycles. The first-order valence-electron chi connectivity index (χ1n) is 9.05. The Kier molecular flexibility index (Phi) is 11.5. The van der Waals surface area contributed by atoms with Gasteiger partial charge < -0.3 is 24.8 Å². The van der Waals surface area contributed by atoms with Gasteiger partial charge in [-0.3, -0.25) is 0 Å². The van der Waals surface area contributed by atoms with Crippen molar-refractivity contribution in [3.05, 3.63) is 12.2 Å². The van der Waals surface area contributed by atoms with E-state index in [0.717, 1.165) is 12.8 Å². The van der Waals surface area contributed by atoms with Crippen molar-refractivity contribution in [3.63, 3.8) is 0 Å². The minimum absolute atomic E-state index is 0.271. The van der Waals surface area contributed by atoms with Crippen LogP contribution in [-0.2, 0) is 9.47 Å². The molecule has 1 aliphatic rings. The van der Waals surface area contributed by atoms with Gasteiger partial charge in [0.1, 0.15) is 24.4 Å². The van der Waals surface area contributed by atoms with Gasteiger partial charge in [0.2, 0.25) is 0 Å². The van der Waals surface area contributed by atoms with Gasteiger partial charge >= 0.3 is 0 Å². The molecule has 1 heterocycles. The highest BCUT2D eigenvalue weighted by Gasteiger charge is 2.40. The zero-order valence-corrected chi connectivity index (χ0v) is 14.4. The van der Waals surface area contributed by atoms with Gasteiger partial charge in [-0.2, -0.15) is 0 Å². The second-order valence-corrected chi connectivity index (χ2v) is 6.26. The second kappa shape index (κ2) is 12.9. The molecule has 0 spiro atoms. The van der Waals surface area contributed by atoms with E-state index in [-0.39, 0.29) is 6.61 Å². The highest BCUT2D eigenvalue weighted by Crippen LogP contribution is 2.20. The summed E-state index contributed by atoms with van der Waals surface area (Å²) in [6, 6.07) is 0. The van der Waals surface area contributed by atoms with Crippen molar-refractivity contribution in [1.29, 1.82) is 0 Å². The van der Waals surface area contributed by atoms with Gasteiger partial charge in [0.05, 0.1) is 13.2 Å². The van der Waals surface area contributed by atoms with Crippen LogP contribution in [0.2, 0.25) is 0 Å². The summed E-state index contributed by atoms with van der Waals surface area (Å²) in [5, 5.41) is 28.4. The summed E-state index contributed by atoms with van der Waals surface area (Å²) < 4.78 is 10.9. The average molecular weight is 330 g/mol. The lowest BCUT2D eigenvalue weighted by atomic mass is 10.1. The van der Waals surface area contributed by atoms with Crippen molar-refractivity contribution < 1.29 is 24.8 Å². The first-order chi connectivity index (χ1) is 11.2. The third-order valence-electron chi connectivity index (χ3n) is 4.21. The zero-order chi connectivity index (χ0) is 16.9. The molecule has 3 N–H and O–H groups in total. The van der Waals surface area contributed by atoms with E-state index in [9.17, 15) is 10.2 Å². The van der Waals surface area contributed by atoms with Crippen LogP contribution >= 0.6 is 0 Å². The molecule has 23 heavy (non-hydrogen) atoms. The van der Waals surface area contributed by atoms with Crippen molar-refractivity contribution in [2.75, 3.05) is 19.8 Å². The Morgan fingerprint density at radius 3 is 2.57 bits per heavy atom. The summed E-state index contributed by atoms with van der Waals surface area (Å²) in [6.07, 6.45) is 10.9. The van der Waals surface area contributed by atoms with Crippen molar-refractivity contribution in [1.82, 2.24) is 0 Å². The molecule has 0 unspecified atom stereocenters. The minimum atomic E-state index is -1.05. The number of rotatable bonds is 13. The van der Waals surface area contributed by atoms with Crippen LogP contribution < -0.4 is 0 Å². The Morgan fingerprint density at radius 2 is 1.83 bits per heavy atom. The second-order valence-electron chi connectivity index (χ2n) is 6.26. The van der Waals surface area contributed by atoms with Crippen molar-refractivity contribution >= 4 is 0 Å². The van der Waals surface area contributed by atoms with E-state index in [2.05, 4.69) is 19.1 Å². The van der Waals surface area contributed by atoms with Crippen LogP contribution in [0, 0.1) is 0 Å². The maximum atomic E-state index is 9.98. The van der Waals surface area contributed by atoms with Crippen LogP contribution in [0.3, 0.4) is 0 Å². The van der Waals surface area contributed by atoms with Crippen LogP contribution in [0.15, 0.2) is 12.2 Å². The topological polar surface area (TPSA) is 79.2 Å². The lowest BCUT2D eigenvalue weighted by Crippen LogP contribution is -2.41. The largest absolute Gasteiger partial charge is 0.394 e.